The highest BCUT2D eigenvalue weighted by Gasteiger charge is 2.19. The molecule has 1 atom stereocenters. The van der Waals surface area contributed by atoms with Crippen LogP contribution in [0.25, 0.3) is 0 Å². The molecule has 0 bridgehead atoms. The van der Waals surface area contributed by atoms with Gasteiger partial charge >= 0.3 is 6.03 Å². The molecule has 2 rings (SSSR count). The first-order valence-electron chi connectivity index (χ1n) is 8.01. The molecule has 130 valence electrons. The number of primary amides is 1. The van der Waals surface area contributed by atoms with Crippen molar-refractivity contribution in [2.24, 2.45) is 10.8 Å². The highest BCUT2D eigenvalue weighted by atomic mass is 16.5. The van der Waals surface area contributed by atoms with E-state index in [1.165, 1.54) is 0 Å². The van der Waals surface area contributed by atoms with Crippen LogP contribution in [0, 0.1) is 13.8 Å². The zero-order chi connectivity index (χ0) is 17.7. The zero-order valence-electron chi connectivity index (χ0n) is 14.3. The van der Waals surface area contributed by atoms with Gasteiger partial charge in [0.15, 0.2) is 6.10 Å². The van der Waals surface area contributed by atoms with Crippen LogP contribution in [0.1, 0.15) is 30.9 Å². The lowest BCUT2D eigenvalue weighted by molar-refractivity contribution is -0.127. The number of piperidine rings is 1. The number of carbonyl (C=O) groups excluding carboxylic acids is 2. The highest BCUT2D eigenvalue weighted by Crippen LogP contribution is 2.21. The van der Waals surface area contributed by atoms with E-state index in [-0.39, 0.29) is 5.91 Å². The third-order valence-corrected chi connectivity index (χ3v) is 4.20. The van der Waals surface area contributed by atoms with E-state index in [0.717, 1.165) is 16.8 Å². The van der Waals surface area contributed by atoms with Crippen molar-refractivity contribution in [1.29, 1.82) is 0 Å². The molecule has 1 fully saturated rings. The van der Waals surface area contributed by atoms with Gasteiger partial charge in [0.1, 0.15) is 5.75 Å². The fraction of sp³-hybridized carbons (Fsp3) is 0.471. The van der Waals surface area contributed by atoms with Gasteiger partial charge in [-0.25, -0.2) is 10.2 Å². The van der Waals surface area contributed by atoms with Crippen molar-refractivity contribution in [3.05, 3.63) is 29.3 Å². The summed E-state index contributed by atoms with van der Waals surface area (Å²) in [7, 11) is 0. The third-order valence-electron chi connectivity index (χ3n) is 4.20. The number of nitrogens with two attached hydrogens (primary N) is 1. The summed E-state index contributed by atoms with van der Waals surface area (Å²) in [5, 5.41) is 4.14. The van der Waals surface area contributed by atoms with Gasteiger partial charge in [0.2, 0.25) is 0 Å². The Bertz CT molecular complexity index is 647. The topological polar surface area (TPSA) is 97.0 Å². The van der Waals surface area contributed by atoms with Crippen molar-refractivity contribution in [3.8, 4) is 5.75 Å². The van der Waals surface area contributed by atoms with Crippen LogP contribution in [0.4, 0.5) is 4.79 Å². The molecule has 1 heterocycles. The number of hydrazone groups is 1. The molecule has 0 aromatic heterocycles. The van der Waals surface area contributed by atoms with Gasteiger partial charge in [-0.05, 0) is 38.0 Å². The number of hydrogen-bond acceptors (Lipinski definition) is 4. The molecule has 1 saturated heterocycles. The molecular formula is C17H24N4O3. The average Bonchev–Trinajstić information content (AvgIpc) is 2.57. The molecule has 24 heavy (non-hydrogen) atoms. The van der Waals surface area contributed by atoms with Crippen molar-refractivity contribution in [3.63, 3.8) is 0 Å². The summed E-state index contributed by atoms with van der Waals surface area (Å²) in [6, 6.07) is 5.32. The molecule has 7 nitrogen and oxygen atoms in total. The minimum atomic E-state index is -0.652. The Kier molecular flexibility index (Phi) is 5.78. The second kappa shape index (κ2) is 7.81. The second-order valence-electron chi connectivity index (χ2n) is 5.94. The van der Waals surface area contributed by atoms with E-state index in [1.807, 2.05) is 32.0 Å². The highest BCUT2D eigenvalue weighted by molar-refractivity contribution is 5.89. The molecule has 3 amide bonds. The summed E-state index contributed by atoms with van der Waals surface area (Å²) in [6.45, 7) is 6.70. The number of aryl methyl sites for hydroxylation is 1. The number of likely N-dealkylation sites (tertiary alicyclic amines) is 1. The summed E-state index contributed by atoms with van der Waals surface area (Å²) in [4.78, 5) is 24.8. The summed E-state index contributed by atoms with van der Waals surface area (Å²) in [5.74, 6) is 0.390. The summed E-state index contributed by atoms with van der Waals surface area (Å²) in [6.07, 6.45) is 0.561. The molecule has 0 saturated carbocycles. The second-order valence-corrected chi connectivity index (χ2v) is 5.94. The SMILES string of the molecule is Cc1cccc(O[C@@H](C)C(=O)NN=C2CCN(C(N)=O)CC2)c1C. The summed E-state index contributed by atoms with van der Waals surface area (Å²) >= 11 is 0. The van der Waals surface area contributed by atoms with E-state index < -0.39 is 12.1 Å². The summed E-state index contributed by atoms with van der Waals surface area (Å²) < 4.78 is 5.73. The van der Waals surface area contributed by atoms with Crippen molar-refractivity contribution in [1.82, 2.24) is 10.3 Å². The average molecular weight is 332 g/mol. The van der Waals surface area contributed by atoms with Crippen LogP contribution in [0.2, 0.25) is 0 Å². The van der Waals surface area contributed by atoms with Crippen molar-refractivity contribution in [2.45, 2.75) is 39.7 Å². The Morgan fingerprint density at radius 3 is 2.58 bits per heavy atom. The maximum atomic E-state index is 12.1. The Labute approximate surface area is 141 Å². The van der Waals surface area contributed by atoms with Gasteiger partial charge in [-0.2, -0.15) is 5.10 Å². The molecular weight excluding hydrogens is 308 g/mol. The predicted octanol–water partition coefficient (Wildman–Crippen LogP) is 1.72. The van der Waals surface area contributed by atoms with Gasteiger partial charge in [-0.3, -0.25) is 4.79 Å². The number of urea groups is 1. The molecule has 1 aromatic rings. The van der Waals surface area contributed by atoms with Crippen molar-refractivity contribution in [2.75, 3.05) is 13.1 Å². The lowest BCUT2D eigenvalue weighted by atomic mass is 10.1. The van der Waals surface area contributed by atoms with Gasteiger partial charge in [0.05, 0.1) is 0 Å². The molecule has 0 spiro atoms. The van der Waals surface area contributed by atoms with E-state index in [0.29, 0.717) is 31.7 Å². The van der Waals surface area contributed by atoms with Gasteiger partial charge < -0.3 is 15.4 Å². The molecule has 0 unspecified atom stereocenters. The van der Waals surface area contributed by atoms with Gasteiger partial charge in [0.25, 0.3) is 5.91 Å². The Morgan fingerprint density at radius 1 is 1.29 bits per heavy atom. The predicted molar refractivity (Wildman–Crippen MR) is 92.0 cm³/mol. The Hall–Kier alpha value is -2.57. The minimum absolute atomic E-state index is 0.305. The van der Waals surface area contributed by atoms with Crippen LogP contribution in [0.3, 0.4) is 0 Å². The largest absolute Gasteiger partial charge is 0.481 e. The van der Waals surface area contributed by atoms with E-state index >= 15 is 0 Å². The number of hydrogen-bond donors (Lipinski definition) is 2. The molecule has 0 aliphatic carbocycles. The van der Waals surface area contributed by atoms with Gasteiger partial charge in [0, 0.05) is 31.6 Å². The quantitative estimate of drug-likeness (QED) is 0.822. The number of nitrogens with one attached hydrogen (secondary N) is 1. The van der Waals surface area contributed by atoms with Gasteiger partial charge in [-0.1, -0.05) is 12.1 Å². The molecule has 0 radical (unpaired) electrons. The number of ether oxygens (including phenoxy) is 1. The van der Waals surface area contributed by atoms with Crippen LogP contribution >= 0.6 is 0 Å². The Morgan fingerprint density at radius 2 is 1.96 bits per heavy atom. The number of carbonyl (C=O) groups is 2. The maximum Gasteiger partial charge on any atom is 0.314 e. The van der Waals surface area contributed by atoms with Crippen molar-refractivity contribution >= 4 is 17.6 Å². The maximum absolute atomic E-state index is 12.1. The first-order valence-corrected chi connectivity index (χ1v) is 8.01. The van der Waals surface area contributed by atoms with Crippen LogP contribution < -0.4 is 15.9 Å². The van der Waals surface area contributed by atoms with Gasteiger partial charge in [-0.15, -0.1) is 0 Å². The Balaban J connectivity index is 1.87. The number of amides is 3. The first-order chi connectivity index (χ1) is 11.4. The van der Waals surface area contributed by atoms with E-state index in [1.54, 1.807) is 11.8 Å². The lowest BCUT2D eigenvalue weighted by Crippen LogP contribution is -2.42. The fourth-order valence-corrected chi connectivity index (χ4v) is 2.42. The first kappa shape index (κ1) is 17.8. The monoisotopic (exact) mass is 332 g/mol. The van der Waals surface area contributed by atoms with Crippen molar-refractivity contribution < 1.29 is 14.3 Å². The minimum Gasteiger partial charge on any atom is -0.481 e. The number of rotatable bonds is 4. The fourth-order valence-electron chi connectivity index (χ4n) is 2.42. The molecule has 3 N–H and O–H groups in total. The molecule has 1 aliphatic heterocycles. The molecule has 7 heteroatoms. The smallest absolute Gasteiger partial charge is 0.314 e. The van der Waals surface area contributed by atoms with E-state index in [2.05, 4.69) is 10.5 Å². The molecule has 1 aliphatic rings. The van der Waals surface area contributed by atoms with E-state index in [4.69, 9.17) is 10.5 Å². The van der Waals surface area contributed by atoms with Crippen LogP contribution in [0.15, 0.2) is 23.3 Å². The summed E-state index contributed by atoms with van der Waals surface area (Å²) in [5.41, 5.74) is 10.7. The number of nitrogens with zero attached hydrogens (tertiary/aromatic N) is 2. The van der Waals surface area contributed by atoms with Crippen LogP contribution in [0.5, 0.6) is 5.75 Å². The third kappa shape index (κ3) is 4.47. The zero-order valence-corrected chi connectivity index (χ0v) is 14.3. The normalized spacial score (nSPS) is 15.6. The number of benzene rings is 1. The molecule has 1 aromatic carbocycles. The van der Waals surface area contributed by atoms with E-state index in [9.17, 15) is 9.59 Å². The van der Waals surface area contributed by atoms with Crippen LogP contribution in [-0.2, 0) is 4.79 Å². The lowest BCUT2D eigenvalue weighted by Gasteiger charge is -2.25. The van der Waals surface area contributed by atoms with Crippen LogP contribution in [-0.4, -0.2) is 41.7 Å². The standard InChI is InChI=1S/C17H24N4O3/c1-11-5-4-6-15(12(11)2)24-13(3)16(22)20-19-14-7-9-21(10-8-14)17(18)23/h4-6,13H,7-10H2,1-3H3,(H2,18,23)(H,20,22)/t13-/m0/s1.